The van der Waals surface area contributed by atoms with E-state index in [-0.39, 0.29) is 0 Å². The monoisotopic (exact) mass is 692 g/mol. The minimum absolute atomic E-state index is 1.12. The van der Waals surface area contributed by atoms with E-state index in [0.717, 1.165) is 45.3 Å². The van der Waals surface area contributed by atoms with Gasteiger partial charge in [0, 0.05) is 34.1 Å². The molecule has 0 aromatic heterocycles. The second kappa shape index (κ2) is 16.5. The van der Waals surface area contributed by atoms with Gasteiger partial charge in [0.2, 0.25) is 0 Å². The average molecular weight is 693 g/mol. The molecule has 0 unspecified atom stereocenters. The van der Waals surface area contributed by atoms with Crippen LogP contribution in [0.4, 0.5) is 34.1 Å². The van der Waals surface area contributed by atoms with Gasteiger partial charge in [-0.2, -0.15) is 0 Å². The van der Waals surface area contributed by atoms with Crippen LogP contribution in [0, 0.1) is 0 Å². The normalized spacial score (nSPS) is 11.2. The summed E-state index contributed by atoms with van der Waals surface area (Å²) < 4.78 is 0. The van der Waals surface area contributed by atoms with Crippen molar-refractivity contribution < 1.29 is 0 Å². The van der Waals surface area contributed by atoms with Crippen LogP contribution < -0.4 is 9.80 Å². The van der Waals surface area contributed by atoms with Crippen molar-refractivity contribution >= 4 is 58.4 Å². The molecule has 0 N–H and O–H groups in total. The second-order valence-corrected chi connectivity index (χ2v) is 13.0. The lowest BCUT2D eigenvalue weighted by Gasteiger charge is -2.25. The first-order valence-corrected chi connectivity index (χ1v) is 18.4. The largest absolute Gasteiger partial charge is 0.311 e. The van der Waals surface area contributed by atoms with E-state index in [1.54, 1.807) is 0 Å². The van der Waals surface area contributed by atoms with Crippen LogP contribution in [0.3, 0.4) is 0 Å². The quantitative estimate of drug-likeness (QED) is 0.125. The standard InChI is InChI=1S/C52H40N2/c1-5-19-45(20-6-1)53(46-21-7-2-8-22-46)49-37-31-41(32-38-49)29-35-43-17-13-15-27-51(43)52-28-16-14-18-44(52)36-30-42-33-39-50(40-34-42)54(47-23-9-3-10-24-47)48-25-11-4-12-26-48/h1-40H. The molecule has 8 rings (SSSR count). The van der Waals surface area contributed by atoms with Crippen molar-refractivity contribution in [3.8, 4) is 11.1 Å². The number of hydrogen-bond donors (Lipinski definition) is 0. The maximum atomic E-state index is 2.28. The Labute approximate surface area is 318 Å². The fourth-order valence-corrected chi connectivity index (χ4v) is 6.82. The molecule has 0 heterocycles. The lowest BCUT2D eigenvalue weighted by molar-refractivity contribution is 1.28. The SMILES string of the molecule is C(=Cc1ccccc1-c1ccccc1C=Cc1ccc(N(c2ccccc2)c2ccccc2)cc1)c1ccc(N(c2ccccc2)c2ccccc2)cc1. The van der Waals surface area contributed by atoms with Crippen molar-refractivity contribution in [2.45, 2.75) is 0 Å². The summed E-state index contributed by atoms with van der Waals surface area (Å²) in [6.45, 7) is 0. The molecule has 8 aromatic rings. The Bertz CT molecular complexity index is 2200. The molecule has 0 bridgehead atoms. The third-order valence-corrected chi connectivity index (χ3v) is 9.48. The molecule has 0 spiro atoms. The van der Waals surface area contributed by atoms with E-state index in [1.807, 2.05) is 0 Å². The molecule has 0 amide bonds. The minimum Gasteiger partial charge on any atom is -0.311 e. The Kier molecular flexibility index (Phi) is 10.3. The Balaban J connectivity index is 1.03. The van der Waals surface area contributed by atoms with Gasteiger partial charge >= 0.3 is 0 Å². The van der Waals surface area contributed by atoms with Crippen LogP contribution >= 0.6 is 0 Å². The number of hydrogen-bond acceptors (Lipinski definition) is 2. The number of nitrogens with zero attached hydrogens (tertiary/aromatic N) is 2. The molecule has 8 aromatic carbocycles. The number of anilines is 6. The predicted octanol–water partition coefficient (Wildman–Crippen LogP) is 14.6. The van der Waals surface area contributed by atoms with Crippen LogP contribution in [-0.2, 0) is 0 Å². The van der Waals surface area contributed by atoms with Crippen LogP contribution in [0.5, 0.6) is 0 Å². The molecule has 0 aliphatic heterocycles. The molecule has 54 heavy (non-hydrogen) atoms. The van der Waals surface area contributed by atoms with Gasteiger partial charge in [-0.3, -0.25) is 0 Å². The van der Waals surface area contributed by atoms with E-state index in [0.29, 0.717) is 0 Å². The Hall–Kier alpha value is -7.16. The van der Waals surface area contributed by atoms with Gasteiger partial charge in [0.1, 0.15) is 0 Å². The topological polar surface area (TPSA) is 6.48 Å². The summed E-state index contributed by atoms with van der Waals surface area (Å²) in [5.74, 6) is 0. The van der Waals surface area contributed by atoms with Gasteiger partial charge < -0.3 is 9.80 Å². The predicted molar refractivity (Wildman–Crippen MR) is 232 cm³/mol. The molecule has 0 radical (unpaired) electrons. The molecule has 258 valence electrons. The van der Waals surface area contributed by atoms with Crippen molar-refractivity contribution in [3.63, 3.8) is 0 Å². The maximum Gasteiger partial charge on any atom is 0.0462 e. The van der Waals surface area contributed by atoms with Crippen LogP contribution in [0.15, 0.2) is 218 Å². The van der Waals surface area contributed by atoms with Crippen LogP contribution in [-0.4, -0.2) is 0 Å². The van der Waals surface area contributed by atoms with Gasteiger partial charge in [-0.1, -0.05) is 170 Å². The van der Waals surface area contributed by atoms with E-state index in [1.165, 1.54) is 22.3 Å². The first-order chi connectivity index (χ1) is 26.8. The molecular formula is C52H40N2. The number of benzene rings is 8. The van der Waals surface area contributed by atoms with Gasteiger partial charge in [-0.05, 0) is 106 Å². The maximum absolute atomic E-state index is 2.28. The number of para-hydroxylation sites is 4. The summed E-state index contributed by atoms with van der Waals surface area (Å²) in [5, 5.41) is 0. The lowest BCUT2D eigenvalue weighted by Crippen LogP contribution is -2.09. The third-order valence-electron chi connectivity index (χ3n) is 9.48. The highest BCUT2D eigenvalue weighted by atomic mass is 15.1. The zero-order chi connectivity index (χ0) is 36.4. The van der Waals surface area contributed by atoms with Gasteiger partial charge in [-0.25, -0.2) is 0 Å². The molecule has 2 nitrogen and oxygen atoms in total. The van der Waals surface area contributed by atoms with Gasteiger partial charge in [0.25, 0.3) is 0 Å². The molecule has 0 aliphatic carbocycles. The van der Waals surface area contributed by atoms with Crippen LogP contribution in [0.2, 0.25) is 0 Å². The van der Waals surface area contributed by atoms with E-state index in [9.17, 15) is 0 Å². The lowest BCUT2D eigenvalue weighted by atomic mass is 9.94. The first-order valence-electron chi connectivity index (χ1n) is 18.4. The molecule has 0 atom stereocenters. The fraction of sp³-hybridized carbons (Fsp3) is 0. The number of rotatable bonds is 11. The first kappa shape index (κ1) is 34.0. The van der Waals surface area contributed by atoms with Crippen molar-refractivity contribution in [1.29, 1.82) is 0 Å². The highest BCUT2D eigenvalue weighted by Crippen LogP contribution is 2.36. The zero-order valence-corrected chi connectivity index (χ0v) is 30.0. The third kappa shape index (κ3) is 7.84. The molecule has 2 heteroatoms. The molecule has 0 fully saturated rings. The smallest absolute Gasteiger partial charge is 0.0462 e. The van der Waals surface area contributed by atoms with Crippen LogP contribution in [0.1, 0.15) is 22.3 Å². The Morgan fingerprint density at radius 3 is 0.796 bits per heavy atom. The summed E-state index contributed by atoms with van der Waals surface area (Å²) in [5.41, 5.74) is 13.8. The van der Waals surface area contributed by atoms with Gasteiger partial charge in [-0.15, -0.1) is 0 Å². The fourth-order valence-electron chi connectivity index (χ4n) is 6.82. The van der Waals surface area contributed by atoms with Crippen LogP contribution in [0.25, 0.3) is 35.4 Å². The Morgan fingerprint density at radius 1 is 0.222 bits per heavy atom. The summed E-state index contributed by atoms with van der Waals surface area (Å²) in [6, 6.07) is 76.8. The van der Waals surface area contributed by atoms with E-state index in [4.69, 9.17) is 0 Å². The van der Waals surface area contributed by atoms with Crippen molar-refractivity contribution in [2.24, 2.45) is 0 Å². The Morgan fingerprint density at radius 2 is 0.481 bits per heavy atom. The van der Waals surface area contributed by atoms with E-state index < -0.39 is 0 Å². The zero-order valence-electron chi connectivity index (χ0n) is 30.0. The average Bonchev–Trinajstić information content (AvgIpc) is 3.25. The van der Waals surface area contributed by atoms with E-state index >= 15 is 0 Å². The van der Waals surface area contributed by atoms with Crippen molar-refractivity contribution in [3.05, 3.63) is 241 Å². The summed E-state index contributed by atoms with van der Waals surface area (Å²) >= 11 is 0. The summed E-state index contributed by atoms with van der Waals surface area (Å²) in [6.07, 6.45) is 8.85. The summed E-state index contributed by atoms with van der Waals surface area (Å²) in [4.78, 5) is 4.57. The molecular weight excluding hydrogens is 653 g/mol. The van der Waals surface area contributed by atoms with Gasteiger partial charge in [0.15, 0.2) is 0 Å². The molecule has 0 saturated carbocycles. The van der Waals surface area contributed by atoms with Gasteiger partial charge in [0.05, 0.1) is 0 Å². The highest BCUT2D eigenvalue weighted by Gasteiger charge is 2.13. The highest BCUT2D eigenvalue weighted by molar-refractivity contribution is 5.88. The van der Waals surface area contributed by atoms with E-state index in [2.05, 4.69) is 252 Å². The molecule has 0 saturated heterocycles. The molecule has 0 aliphatic rings. The van der Waals surface area contributed by atoms with Crippen molar-refractivity contribution in [2.75, 3.05) is 9.80 Å². The minimum atomic E-state index is 1.12. The second-order valence-electron chi connectivity index (χ2n) is 13.0. The van der Waals surface area contributed by atoms with Crippen molar-refractivity contribution in [1.82, 2.24) is 0 Å². The summed E-state index contributed by atoms with van der Waals surface area (Å²) in [7, 11) is 0.